The number of hydrogen-bond donors (Lipinski definition) is 1. The second kappa shape index (κ2) is 6.05. The molecule has 0 atom stereocenters. The van der Waals surface area contributed by atoms with Gasteiger partial charge in [-0.05, 0) is 52.0 Å². The maximum absolute atomic E-state index is 9.60. The molecule has 0 aliphatic heterocycles. The number of aryl methyl sites for hydroxylation is 1. The highest BCUT2D eigenvalue weighted by Gasteiger charge is 2.07. The van der Waals surface area contributed by atoms with Gasteiger partial charge in [-0.3, -0.25) is 4.79 Å². The second-order valence-electron chi connectivity index (χ2n) is 5.01. The van der Waals surface area contributed by atoms with Crippen LogP contribution in [0.1, 0.15) is 26.5 Å². The van der Waals surface area contributed by atoms with Gasteiger partial charge in [0.15, 0.2) is 0 Å². The third kappa shape index (κ3) is 4.92. The van der Waals surface area contributed by atoms with Crippen LogP contribution in [0.4, 0.5) is 0 Å². The number of fused-ring (bicyclic) bond motifs is 1. The molecule has 1 aromatic carbocycles. The van der Waals surface area contributed by atoms with Crippen LogP contribution in [0.15, 0.2) is 28.7 Å². The fourth-order valence-corrected chi connectivity index (χ4v) is 1.77. The van der Waals surface area contributed by atoms with Gasteiger partial charge in [0.2, 0.25) is 0 Å². The minimum atomic E-state index is -0.318. The highest BCUT2D eigenvalue weighted by Crippen LogP contribution is 2.19. The van der Waals surface area contributed by atoms with Gasteiger partial charge in [0.05, 0.1) is 0 Å². The Bertz CT molecular complexity index is 526. The second-order valence-corrected chi connectivity index (χ2v) is 5.93. The zero-order valence-corrected chi connectivity index (χ0v) is 12.7. The zero-order valence-electron chi connectivity index (χ0n) is 11.1. The van der Waals surface area contributed by atoms with Gasteiger partial charge in [-0.15, -0.1) is 0 Å². The number of aromatic amines is 1. The summed E-state index contributed by atoms with van der Waals surface area (Å²) in [6.07, 6.45) is 0. The van der Waals surface area contributed by atoms with Gasteiger partial charge in [0.25, 0.3) is 6.47 Å². The first-order chi connectivity index (χ1) is 8.31. The lowest BCUT2D eigenvalue weighted by atomic mass is 10.2. The molecule has 2 aromatic rings. The number of carbonyl (C=O) groups is 1. The van der Waals surface area contributed by atoms with Crippen molar-refractivity contribution in [2.24, 2.45) is 0 Å². The molecule has 2 rings (SSSR count). The van der Waals surface area contributed by atoms with Gasteiger partial charge in [-0.1, -0.05) is 15.9 Å². The van der Waals surface area contributed by atoms with Crippen LogP contribution in [0.2, 0.25) is 0 Å². The van der Waals surface area contributed by atoms with Gasteiger partial charge in [-0.25, -0.2) is 0 Å². The molecule has 1 N–H and O–H groups in total. The first-order valence-electron chi connectivity index (χ1n) is 5.68. The Hall–Kier alpha value is -1.29. The Kier molecular flexibility index (Phi) is 4.96. The summed E-state index contributed by atoms with van der Waals surface area (Å²) >= 11 is 3.43. The molecule has 3 nitrogen and oxygen atoms in total. The first kappa shape index (κ1) is 14.8. The number of H-pyrrole nitrogens is 1. The summed E-state index contributed by atoms with van der Waals surface area (Å²) in [5, 5.41) is 1.26. The van der Waals surface area contributed by atoms with Crippen LogP contribution in [-0.2, 0) is 9.53 Å². The van der Waals surface area contributed by atoms with Crippen LogP contribution in [0.25, 0.3) is 10.9 Å². The molecule has 0 radical (unpaired) electrons. The lowest BCUT2D eigenvalue weighted by Crippen LogP contribution is -2.17. The van der Waals surface area contributed by atoms with Crippen molar-refractivity contribution in [2.75, 3.05) is 0 Å². The van der Waals surface area contributed by atoms with E-state index in [0.29, 0.717) is 6.47 Å². The third-order valence-electron chi connectivity index (χ3n) is 2.12. The van der Waals surface area contributed by atoms with Crippen LogP contribution < -0.4 is 0 Å². The van der Waals surface area contributed by atoms with E-state index < -0.39 is 0 Å². The Labute approximate surface area is 116 Å². The van der Waals surface area contributed by atoms with Gasteiger partial charge in [0.1, 0.15) is 5.60 Å². The van der Waals surface area contributed by atoms with Crippen LogP contribution in [0.3, 0.4) is 0 Å². The Balaban J connectivity index is 0.000000203. The molecule has 98 valence electrons. The summed E-state index contributed by atoms with van der Waals surface area (Å²) < 4.78 is 5.68. The molecule has 0 saturated heterocycles. The summed E-state index contributed by atoms with van der Waals surface area (Å²) in [6.45, 7) is 7.98. The molecule has 0 aliphatic carbocycles. The molecule has 1 aromatic heterocycles. The van der Waals surface area contributed by atoms with Crippen molar-refractivity contribution in [3.63, 3.8) is 0 Å². The molecular formula is C14H18BrNO2. The predicted molar refractivity (Wildman–Crippen MR) is 77.6 cm³/mol. The van der Waals surface area contributed by atoms with Crippen molar-refractivity contribution in [3.8, 4) is 0 Å². The summed E-state index contributed by atoms with van der Waals surface area (Å²) in [6, 6.07) is 8.36. The zero-order chi connectivity index (χ0) is 13.8. The lowest BCUT2D eigenvalue weighted by Gasteiger charge is -2.14. The van der Waals surface area contributed by atoms with Gasteiger partial charge in [-0.2, -0.15) is 0 Å². The molecule has 0 amide bonds. The summed E-state index contributed by atoms with van der Waals surface area (Å²) in [5.41, 5.74) is 2.09. The van der Waals surface area contributed by atoms with E-state index in [2.05, 4.69) is 50.8 Å². The van der Waals surface area contributed by atoms with Crippen molar-refractivity contribution >= 4 is 33.3 Å². The maximum atomic E-state index is 9.60. The normalized spacial score (nSPS) is 10.7. The highest BCUT2D eigenvalue weighted by atomic mass is 79.9. The lowest BCUT2D eigenvalue weighted by molar-refractivity contribution is -0.138. The molecule has 18 heavy (non-hydrogen) atoms. The van der Waals surface area contributed by atoms with Gasteiger partial charge < -0.3 is 9.72 Å². The number of rotatable bonds is 1. The maximum Gasteiger partial charge on any atom is 0.293 e. The van der Waals surface area contributed by atoms with E-state index in [0.717, 1.165) is 4.47 Å². The molecule has 0 aliphatic rings. The van der Waals surface area contributed by atoms with E-state index in [4.69, 9.17) is 0 Å². The quantitative estimate of drug-likeness (QED) is 0.802. The smallest absolute Gasteiger partial charge is 0.293 e. The number of benzene rings is 1. The van der Waals surface area contributed by atoms with Crippen LogP contribution in [0, 0.1) is 6.92 Å². The van der Waals surface area contributed by atoms with E-state index in [9.17, 15) is 4.79 Å². The molecule has 1 heterocycles. The Morgan fingerprint density at radius 1 is 1.28 bits per heavy atom. The standard InChI is InChI=1S/C9H8BrN.C5H10O2/c1-6-4-7-5-8(10)2-3-9(7)11-6;1-5(2,3)7-4-6/h2-5,11H,1H3;4H,1-3H3. The molecule has 0 unspecified atom stereocenters. The molecular weight excluding hydrogens is 294 g/mol. The van der Waals surface area contributed by atoms with Crippen LogP contribution in [0.5, 0.6) is 0 Å². The average Bonchev–Trinajstić information content (AvgIpc) is 2.56. The molecule has 4 heteroatoms. The van der Waals surface area contributed by atoms with E-state index in [1.807, 2.05) is 26.8 Å². The van der Waals surface area contributed by atoms with Crippen LogP contribution in [-0.4, -0.2) is 17.1 Å². The number of ether oxygens (including phenoxy) is 1. The minimum Gasteiger partial charge on any atom is -0.462 e. The van der Waals surface area contributed by atoms with Crippen molar-refractivity contribution in [3.05, 3.63) is 34.4 Å². The molecule has 0 spiro atoms. The molecule has 0 fully saturated rings. The van der Waals surface area contributed by atoms with E-state index in [1.54, 1.807) is 0 Å². The van der Waals surface area contributed by atoms with Crippen LogP contribution >= 0.6 is 15.9 Å². The average molecular weight is 312 g/mol. The predicted octanol–water partition coefficient (Wildman–Crippen LogP) is 4.20. The van der Waals surface area contributed by atoms with Crippen molar-refractivity contribution in [1.29, 1.82) is 0 Å². The summed E-state index contributed by atoms with van der Waals surface area (Å²) in [5.74, 6) is 0. The first-order valence-corrected chi connectivity index (χ1v) is 6.47. The highest BCUT2D eigenvalue weighted by molar-refractivity contribution is 9.10. The van der Waals surface area contributed by atoms with Gasteiger partial charge >= 0.3 is 0 Å². The van der Waals surface area contributed by atoms with Crippen molar-refractivity contribution < 1.29 is 9.53 Å². The largest absolute Gasteiger partial charge is 0.462 e. The number of nitrogens with one attached hydrogen (secondary N) is 1. The molecule has 0 bridgehead atoms. The fraction of sp³-hybridized carbons (Fsp3) is 0.357. The fourth-order valence-electron chi connectivity index (χ4n) is 1.39. The van der Waals surface area contributed by atoms with E-state index >= 15 is 0 Å². The number of carbonyl (C=O) groups excluding carboxylic acids is 1. The third-order valence-corrected chi connectivity index (χ3v) is 2.61. The number of halogens is 1. The van der Waals surface area contributed by atoms with E-state index in [-0.39, 0.29) is 5.60 Å². The Morgan fingerprint density at radius 3 is 2.44 bits per heavy atom. The van der Waals surface area contributed by atoms with Gasteiger partial charge in [0, 0.05) is 21.1 Å². The molecule has 0 saturated carbocycles. The van der Waals surface area contributed by atoms with Crippen molar-refractivity contribution in [1.82, 2.24) is 4.98 Å². The van der Waals surface area contributed by atoms with E-state index in [1.165, 1.54) is 16.6 Å². The number of hydrogen-bond acceptors (Lipinski definition) is 2. The summed E-state index contributed by atoms with van der Waals surface area (Å²) in [7, 11) is 0. The SMILES string of the molecule is CC(C)(C)OC=O.Cc1cc2cc(Br)ccc2[nH]1. The van der Waals surface area contributed by atoms with Crippen molar-refractivity contribution in [2.45, 2.75) is 33.3 Å². The topological polar surface area (TPSA) is 42.1 Å². The minimum absolute atomic E-state index is 0.318. The summed E-state index contributed by atoms with van der Waals surface area (Å²) in [4.78, 5) is 12.9. The Morgan fingerprint density at radius 2 is 1.94 bits per heavy atom. The number of aromatic nitrogens is 1. The monoisotopic (exact) mass is 311 g/mol.